The molecule has 0 bridgehead atoms. The number of aryl methyl sites for hydroxylation is 2. The zero-order chi connectivity index (χ0) is 17.0. The van der Waals surface area contributed by atoms with Gasteiger partial charge in [-0.05, 0) is 37.8 Å². The Morgan fingerprint density at radius 3 is 2.70 bits per heavy atom. The van der Waals surface area contributed by atoms with E-state index in [-0.39, 0.29) is 17.2 Å². The first-order chi connectivity index (χ1) is 10.8. The average molecular weight is 316 g/mol. The highest BCUT2D eigenvalue weighted by Gasteiger charge is 2.23. The Hall–Kier alpha value is -1.84. The van der Waals surface area contributed by atoms with Crippen molar-refractivity contribution in [3.8, 4) is 0 Å². The van der Waals surface area contributed by atoms with E-state index in [1.54, 1.807) is 0 Å². The number of hydrogen-bond acceptors (Lipinski definition) is 2. The van der Waals surface area contributed by atoms with Gasteiger partial charge in [-0.3, -0.25) is 9.59 Å². The smallest absolute Gasteiger partial charge is 0.227 e. The second-order valence-corrected chi connectivity index (χ2v) is 7.39. The van der Waals surface area contributed by atoms with Crippen molar-refractivity contribution in [2.45, 2.75) is 53.4 Å². The Balaban J connectivity index is 1.87. The quantitative estimate of drug-likeness (QED) is 0.867. The van der Waals surface area contributed by atoms with Crippen LogP contribution >= 0.6 is 0 Å². The van der Waals surface area contributed by atoms with E-state index in [2.05, 4.69) is 30.4 Å². The van der Waals surface area contributed by atoms with Gasteiger partial charge in [0.1, 0.15) is 0 Å². The molecule has 1 aliphatic rings. The average Bonchev–Trinajstić information content (AvgIpc) is 2.49. The maximum Gasteiger partial charge on any atom is 0.227 e. The highest BCUT2D eigenvalue weighted by atomic mass is 16.2. The van der Waals surface area contributed by atoms with E-state index >= 15 is 0 Å². The van der Waals surface area contributed by atoms with Gasteiger partial charge < -0.3 is 10.2 Å². The van der Waals surface area contributed by atoms with Crippen molar-refractivity contribution in [1.82, 2.24) is 5.32 Å². The number of carbonyl (C=O) groups excluding carboxylic acids is 2. The topological polar surface area (TPSA) is 49.4 Å². The van der Waals surface area contributed by atoms with E-state index in [0.29, 0.717) is 19.4 Å². The summed E-state index contributed by atoms with van der Waals surface area (Å²) in [5, 5.41) is 2.90. The monoisotopic (exact) mass is 316 g/mol. The molecule has 23 heavy (non-hydrogen) atoms. The van der Waals surface area contributed by atoms with Crippen molar-refractivity contribution < 1.29 is 9.59 Å². The van der Waals surface area contributed by atoms with Gasteiger partial charge in [-0.1, -0.05) is 38.5 Å². The van der Waals surface area contributed by atoms with Crippen LogP contribution in [0.25, 0.3) is 0 Å². The summed E-state index contributed by atoms with van der Waals surface area (Å²) < 4.78 is 0. The third-order valence-electron chi connectivity index (χ3n) is 4.19. The minimum absolute atomic E-state index is 0.0312. The molecule has 0 aliphatic carbocycles. The fraction of sp³-hybridized carbons (Fsp3) is 0.579. The number of fused-ring (bicyclic) bond motifs is 1. The maximum atomic E-state index is 12.5. The lowest BCUT2D eigenvalue weighted by atomic mass is 9.96. The number of amides is 2. The van der Waals surface area contributed by atoms with Crippen molar-refractivity contribution in [2.24, 2.45) is 5.41 Å². The Bertz CT molecular complexity index is 588. The van der Waals surface area contributed by atoms with Gasteiger partial charge in [-0.15, -0.1) is 0 Å². The van der Waals surface area contributed by atoms with Crippen LogP contribution in [0.1, 0.15) is 51.2 Å². The van der Waals surface area contributed by atoms with Crippen LogP contribution in [0.2, 0.25) is 0 Å². The third kappa shape index (κ3) is 4.57. The standard InChI is InChI=1S/C19H28N2O2/c1-14-9-10-16-15(13-14)7-6-12-21(16)17(22)8-5-11-20-18(23)19(2,3)4/h9-10,13H,5-8,11-12H2,1-4H3,(H,20,23). The molecule has 1 aromatic rings. The highest BCUT2D eigenvalue weighted by Crippen LogP contribution is 2.28. The van der Waals surface area contributed by atoms with Crippen molar-refractivity contribution in [3.05, 3.63) is 29.3 Å². The number of benzene rings is 1. The predicted octanol–water partition coefficient (Wildman–Crippen LogP) is 3.22. The van der Waals surface area contributed by atoms with E-state index < -0.39 is 0 Å². The molecule has 1 heterocycles. The van der Waals surface area contributed by atoms with Gasteiger partial charge in [0.05, 0.1) is 0 Å². The van der Waals surface area contributed by atoms with Gasteiger partial charge in [0.15, 0.2) is 0 Å². The molecular formula is C19H28N2O2. The molecule has 0 fully saturated rings. The van der Waals surface area contributed by atoms with Gasteiger partial charge >= 0.3 is 0 Å². The van der Waals surface area contributed by atoms with E-state index in [1.807, 2.05) is 25.7 Å². The summed E-state index contributed by atoms with van der Waals surface area (Å²) in [5.74, 6) is 0.184. The largest absolute Gasteiger partial charge is 0.356 e. The molecule has 4 nitrogen and oxygen atoms in total. The minimum atomic E-state index is -0.381. The van der Waals surface area contributed by atoms with Gasteiger partial charge in [-0.2, -0.15) is 0 Å². The molecule has 0 unspecified atom stereocenters. The fourth-order valence-electron chi connectivity index (χ4n) is 2.83. The van der Waals surface area contributed by atoms with Gasteiger partial charge in [0.25, 0.3) is 0 Å². The van der Waals surface area contributed by atoms with Crippen LogP contribution in [-0.4, -0.2) is 24.9 Å². The second kappa shape index (κ2) is 7.16. The number of carbonyl (C=O) groups is 2. The van der Waals surface area contributed by atoms with E-state index in [0.717, 1.165) is 25.1 Å². The second-order valence-electron chi connectivity index (χ2n) is 7.39. The van der Waals surface area contributed by atoms with Crippen molar-refractivity contribution in [3.63, 3.8) is 0 Å². The van der Waals surface area contributed by atoms with Crippen molar-refractivity contribution >= 4 is 17.5 Å². The first-order valence-corrected chi connectivity index (χ1v) is 8.47. The highest BCUT2D eigenvalue weighted by molar-refractivity contribution is 5.94. The molecule has 126 valence electrons. The summed E-state index contributed by atoms with van der Waals surface area (Å²) in [5.41, 5.74) is 3.19. The summed E-state index contributed by atoms with van der Waals surface area (Å²) in [4.78, 5) is 26.2. The Kier molecular flexibility index (Phi) is 5.45. The normalized spacial score (nSPS) is 14.3. The summed E-state index contributed by atoms with van der Waals surface area (Å²) >= 11 is 0. The molecule has 0 saturated heterocycles. The summed E-state index contributed by atoms with van der Waals surface area (Å²) in [6.45, 7) is 9.10. The van der Waals surface area contributed by atoms with Crippen molar-refractivity contribution in [1.29, 1.82) is 0 Å². The number of nitrogens with one attached hydrogen (secondary N) is 1. The molecule has 0 radical (unpaired) electrons. The molecule has 4 heteroatoms. The maximum absolute atomic E-state index is 12.5. The van der Waals surface area contributed by atoms with Crippen LogP contribution in [0.3, 0.4) is 0 Å². The molecule has 1 aliphatic heterocycles. The first kappa shape index (κ1) is 17.5. The van der Waals surface area contributed by atoms with Crippen molar-refractivity contribution in [2.75, 3.05) is 18.0 Å². The SMILES string of the molecule is Cc1ccc2c(c1)CCCN2C(=O)CCCNC(=O)C(C)(C)C. The molecule has 2 amide bonds. The van der Waals surface area contributed by atoms with Crippen LogP contribution < -0.4 is 10.2 Å². The zero-order valence-corrected chi connectivity index (χ0v) is 14.7. The number of hydrogen-bond donors (Lipinski definition) is 1. The van der Waals surface area contributed by atoms with Crippen LogP contribution in [-0.2, 0) is 16.0 Å². The lowest BCUT2D eigenvalue weighted by Gasteiger charge is -2.30. The number of anilines is 1. The van der Waals surface area contributed by atoms with Gasteiger partial charge in [-0.25, -0.2) is 0 Å². The molecule has 0 spiro atoms. The van der Waals surface area contributed by atoms with Crippen LogP contribution in [0.15, 0.2) is 18.2 Å². The number of rotatable bonds is 4. The summed E-state index contributed by atoms with van der Waals surface area (Å²) in [6, 6.07) is 6.30. The molecule has 1 N–H and O–H groups in total. The van der Waals surface area contributed by atoms with E-state index in [1.165, 1.54) is 11.1 Å². The lowest BCUT2D eigenvalue weighted by molar-refractivity contribution is -0.128. The molecule has 1 aromatic carbocycles. The van der Waals surface area contributed by atoms with Crippen LogP contribution in [0, 0.1) is 12.3 Å². The lowest BCUT2D eigenvalue weighted by Crippen LogP contribution is -2.37. The molecule has 0 saturated carbocycles. The van der Waals surface area contributed by atoms with Gasteiger partial charge in [0, 0.05) is 30.6 Å². The van der Waals surface area contributed by atoms with E-state index in [4.69, 9.17) is 0 Å². The van der Waals surface area contributed by atoms with Crippen LogP contribution in [0.4, 0.5) is 5.69 Å². The Labute approximate surface area is 139 Å². The Morgan fingerprint density at radius 2 is 2.00 bits per heavy atom. The van der Waals surface area contributed by atoms with Gasteiger partial charge in [0.2, 0.25) is 11.8 Å². The zero-order valence-electron chi connectivity index (χ0n) is 14.7. The molecule has 2 rings (SSSR count). The van der Waals surface area contributed by atoms with E-state index in [9.17, 15) is 9.59 Å². The van der Waals surface area contributed by atoms with Crippen LogP contribution in [0.5, 0.6) is 0 Å². The molecular weight excluding hydrogens is 288 g/mol. The first-order valence-electron chi connectivity index (χ1n) is 8.47. The number of nitrogens with zero attached hydrogens (tertiary/aromatic N) is 1. The molecule has 0 aromatic heterocycles. The Morgan fingerprint density at radius 1 is 1.26 bits per heavy atom. The minimum Gasteiger partial charge on any atom is -0.356 e. The molecule has 0 atom stereocenters. The summed E-state index contributed by atoms with van der Waals surface area (Å²) in [7, 11) is 0. The fourth-order valence-corrected chi connectivity index (χ4v) is 2.83. The third-order valence-corrected chi connectivity index (χ3v) is 4.19. The predicted molar refractivity (Wildman–Crippen MR) is 93.6 cm³/mol. The summed E-state index contributed by atoms with van der Waals surface area (Å²) in [6.07, 6.45) is 3.21.